The Kier molecular flexibility index (Phi) is 2.85. The van der Waals surface area contributed by atoms with Crippen molar-refractivity contribution in [1.82, 2.24) is 9.88 Å². The Morgan fingerprint density at radius 2 is 2.13 bits per heavy atom. The average Bonchev–Trinajstić information content (AvgIpc) is 3.19. The van der Waals surface area contributed by atoms with Gasteiger partial charge in [-0.25, -0.2) is 4.98 Å². The molecule has 5 nitrogen and oxygen atoms in total. The quantitative estimate of drug-likeness (QED) is 0.921. The molecule has 4 aliphatic heterocycles. The monoisotopic (exact) mass is 312 g/mol. The number of rotatable bonds is 2. The minimum absolute atomic E-state index is 0.0584. The van der Waals surface area contributed by atoms with Crippen LogP contribution in [0.5, 0.6) is 5.88 Å². The van der Waals surface area contributed by atoms with Gasteiger partial charge in [-0.3, -0.25) is 4.90 Å². The zero-order valence-electron chi connectivity index (χ0n) is 13.0. The summed E-state index contributed by atoms with van der Waals surface area (Å²) >= 11 is 0. The molecule has 23 heavy (non-hydrogen) atoms. The molecule has 2 aromatic rings. The molecule has 0 aliphatic carbocycles. The summed E-state index contributed by atoms with van der Waals surface area (Å²) in [6.45, 7) is 3.37. The molecule has 2 bridgehead atoms. The Morgan fingerprint density at radius 1 is 1.26 bits per heavy atom. The highest BCUT2D eigenvalue weighted by Crippen LogP contribution is 2.46. The van der Waals surface area contributed by atoms with Crippen LogP contribution >= 0.6 is 0 Å². The smallest absolute Gasteiger partial charge is 0.217 e. The Morgan fingerprint density at radius 3 is 2.83 bits per heavy atom. The number of furan rings is 1. The van der Waals surface area contributed by atoms with Crippen molar-refractivity contribution in [3.8, 4) is 17.0 Å². The van der Waals surface area contributed by atoms with Gasteiger partial charge in [0.15, 0.2) is 0 Å². The lowest BCUT2D eigenvalue weighted by Crippen LogP contribution is -2.61. The second-order valence-corrected chi connectivity index (χ2v) is 7.04. The van der Waals surface area contributed by atoms with E-state index in [2.05, 4.69) is 16.0 Å². The van der Waals surface area contributed by atoms with E-state index in [9.17, 15) is 0 Å². The van der Waals surface area contributed by atoms with E-state index < -0.39 is 0 Å². The maximum absolute atomic E-state index is 9.15. The zero-order valence-corrected chi connectivity index (χ0v) is 13.0. The third kappa shape index (κ3) is 2.03. The minimum atomic E-state index is -0.0812. The topological polar surface area (TPSA) is 58.7 Å². The van der Waals surface area contributed by atoms with Crippen LogP contribution in [0.1, 0.15) is 24.2 Å². The predicted octanol–water partition coefficient (Wildman–Crippen LogP) is 2.23. The van der Waals surface area contributed by atoms with Gasteiger partial charge in [-0.2, -0.15) is 0 Å². The molecule has 6 rings (SSSR count). The summed E-state index contributed by atoms with van der Waals surface area (Å²) in [5, 5.41) is 9.15. The molecule has 5 heteroatoms. The van der Waals surface area contributed by atoms with Crippen LogP contribution in [-0.4, -0.2) is 40.2 Å². The minimum Gasteiger partial charge on any atom is -0.469 e. The van der Waals surface area contributed by atoms with E-state index in [0.29, 0.717) is 11.7 Å². The molecular formula is C18H20N2O3. The third-order valence-electron chi connectivity index (χ3n) is 5.68. The van der Waals surface area contributed by atoms with Crippen molar-refractivity contribution in [3.05, 3.63) is 35.9 Å². The van der Waals surface area contributed by atoms with Crippen molar-refractivity contribution in [2.24, 2.45) is 5.92 Å². The molecule has 1 spiro atoms. The zero-order chi connectivity index (χ0) is 15.4. The number of pyridine rings is 1. The van der Waals surface area contributed by atoms with Gasteiger partial charge in [-0.1, -0.05) is 0 Å². The maximum atomic E-state index is 9.15. The Hall–Kier alpha value is -1.85. The lowest BCUT2D eigenvalue weighted by Gasteiger charge is -2.50. The Balaban J connectivity index is 1.47. The fraction of sp³-hybridized carbons (Fsp3) is 0.500. The molecule has 0 amide bonds. The van der Waals surface area contributed by atoms with E-state index >= 15 is 0 Å². The lowest BCUT2D eigenvalue weighted by molar-refractivity contribution is -0.0814. The van der Waals surface area contributed by atoms with Gasteiger partial charge < -0.3 is 14.3 Å². The van der Waals surface area contributed by atoms with Crippen LogP contribution in [0.25, 0.3) is 11.1 Å². The molecule has 2 aromatic heterocycles. The molecular weight excluding hydrogens is 292 g/mol. The van der Waals surface area contributed by atoms with Gasteiger partial charge in [-0.05, 0) is 38.1 Å². The highest BCUT2D eigenvalue weighted by atomic mass is 16.5. The number of piperidine rings is 3. The van der Waals surface area contributed by atoms with Gasteiger partial charge >= 0.3 is 0 Å². The van der Waals surface area contributed by atoms with Crippen molar-refractivity contribution < 1.29 is 14.3 Å². The Bertz CT molecular complexity index is 748. The first-order valence-electron chi connectivity index (χ1n) is 8.35. The normalized spacial score (nSPS) is 31.3. The van der Waals surface area contributed by atoms with Crippen LogP contribution in [-0.2, 0) is 13.0 Å². The predicted molar refractivity (Wildman–Crippen MR) is 84.1 cm³/mol. The number of hydrogen-bond acceptors (Lipinski definition) is 5. The first kappa shape index (κ1) is 13.6. The summed E-state index contributed by atoms with van der Waals surface area (Å²) in [6.07, 6.45) is 6.94. The third-order valence-corrected chi connectivity index (χ3v) is 5.68. The van der Waals surface area contributed by atoms with Crippen LogP contribution < -0.4 is 4.74 Å². The van der Waals surface area contributed by atoms with Crippen LogP contribution in [0.2, 0.25) is 0 Å². The van der Waals surface area contributed by atoms with Crippen molar-refractivity contribution >= 4 is 0 Å². The fourth-order valence-corrected chi connectivity index (χ4v) is 4.48. The molecule has 3 saturated heterocycles. The van der Waals surface area contributed by atoms with Crippen LogP contribution in [0.3, 0.4) is 0 Å². The van der Waals surface area contributed by atoms with Gasteiger partial charge in [0.1, 0.15) is 18.0 Å². The summed E-state index contributed by atoms with van der Waals surface area (Å²) in [5.74, 6) is 2.03. The van der Waals surface area contributed by atoms with E-state index in [4.69, 9.17) is 14.3 Å². The van der Waals surface area contributed by atoms with Crippen molar-refractivity contribution in [3.63, 3.8) is 0 Å². The van der Waals surface area contributed by atoms with Gasteiger partial charge in [0.25, 0.3) is 0 Å². The summed E-state index contributed by atoms with van der Waals surface area (Å²) in [7, 11) is 0. The largest absolute Gasteiger partial charge is 0.469 e. The number of hydrogen-bond donors (Lipinski definition) is 1. The second-order valence-electron chi connectivity index (χ2n) is 7.04. The molecule has 1 atom stereocenters. The van der Waals surface area contributed by atoms with Gasteiger partial charge in [0, 0.05) is 41.8 Å². The number of aliphatic hydroxyl groups excluding tert-OH is 1. The van der Waals surface area contributed by atoms with E-state index in [1.165, 1.54) is 31.5 Å². The molecule has 0 aromatic carbocycles. The highest BCUT2D eigenvalue weighted by Gasteiger charge is 2.52. The number of fused-ring (bicyclic) bond motifs is 3. The van der Waals surface area contributed by atoms with Crippen molar-refractivity contribution in [1.29, 1.82) is 0 Å². The molecule has 0 unspecified atom stereocenters. The lowest BCUT2D eigenvalue weighted by atomic mass is 9.73. The molecule has 3 fully saturated rings. The maximum Gasteiger partial charge on any atom is 0.217 e. The molecule has 4 aliphatic rings. The van der Waals surface area contributed by atoms with E-state index in [1.54, 1.807) is 6.26 Å². The van der Waals surface area contributed by atoms with E-state index in [0.717, 1.165) is 30.0 Å². The summed E-state index contributed by atoms with van der Waals surface area (Å²) in [6, 6.07) is 4.03. The van der Waals surface area contributed by atoms with Crippen LogP contribution in [0.4, 0.5) is 0 Å². The SMILES string of the molecule is OCc1cc(-c2cnc3c(c2)C[C@@]2(CN4CCC2CC4)O3)co1. The summed E-state index contributed by atoms with van der Waals surface area (Å²) in [4.78, 5) is 7.08. The van der Waals surface area contributed by atoms with Crippen molar-refractivity contribution in [2.75, 3.05) is 19.6 Å². The summed E-state index contributed by atoms with van der Waals surface area (Å²) in [5.41, 5.74) is 3.12. The fourth-order valence-electron chi connectivity index (χ4n) is 4.48. The van der Waals surface area contributed by atoms with E-state index in [-0.39, 0.29) is 12.2 Å². The van der Waals surface area contributed by atoms with Gasteiger partial charge in [-0.15, -0.1) is 0 Å². The van der Waals surface area contributed by atoms with Crippen LogP contribution in [0.15, 0.2) is 29.0 Å². The molecule has 0 radical (unpaired) electrons. The Labute approximate surface area is 134 Å². The van der Waals surface area contributed by atoms with E-state index in [1.807, 2.05) is 12.3 Å². The number of aliphatic hydroxyl groups is 1. The average molecular weight is 312 g/mol. The second kappa shape index (κ2) is 4.82. The molecule has 6 heterocycles. The first-order valence-corrected chi connectivity index (χ1v) is 8.35. The first-order chi connectivity index (χ1) is 11.3. The number of nitrogens with zero attached hydrogens (tertiary/aromatic N) is 2. The molecule has 120 valence electrons. The van der Waals surface area contributed by atoms with Gasteiger partial charge in [0.2, 0.25) is 5.88 Å². The number of ether oxygens (including phenoxy) is 1. The molecule has 0 saturated carbocycles. The van der Waals surface area contributed by atoms with Crippen molar-refractivity contribution in [2.45, 2.75) is 31.5 Å². The molecule has 1 N–H and O–H groups in total. The van der Waals surface area contributed by atoms with Gasteiger partial charge in [0.05, 0.1) is 6.26 Å². The van der Waals surface area contributed by atoms with Crippen LogP contribution in [0, 0.1) is 5.92 Å². The number of aromatic nitrogens is 1. The highest BCUT2D eigenvalue weighted by molar-refractivity contribution is 5.64. The standard InChI is InChI=1S/C18H20N2O3/c21-9-16-6-14(10-22-16)13-5-12-7-18(23-17(12)19-8-13)11-20-3-1-15(18)2-4-20/h5-6,8,10,15,21H,1-4,7,9,11H2/t18-/m0/s1. The summed E-state index contributed by atoms with van der Waals surface area (Å²) < 4.78 is 11.7.